The number of carbonyl (C=O) groups is 1. The van der Waals surface area contributed by atoms with E-state index >= 15 is 0 Å². The van der Waals surface area contributed by atoms with E-state index in [4.69, 9.17) is 0 Å². The van der Waals surface area contributed by atoms with E-state index in [1.165, 1.54) is 19.3 Å². The molecule has 0 aromatic heterocycles. The van der Waals surface area contributed by atoms with E-state index in [9.17, 15) is 4.79 Å². The molecule has 3 nitrogen and oxygen atoms in total. The molecule has 1 aliphatic heterocycles. The Morgan fingerprint density at radius 2 is 2.28 bits per heavy atom. The fourth-order valence-corrected chi connectivity index (χ4v) is 2.92. The molecule has 1 aromatic carbocycles. The lowest BCUT2D eigenvalue weighted by molar-refractivity contribution is -0.122. The summed E-state index contributed by atoms with van der Waals surface area (Å²) in [6, 6.07) is 8.54. The van der Waals surface area contributed by atoms with Gasteiger partial charge in [-0.15, -0.1) is 0 Å². The number of nitrogens with one attached hydrogen (secondary N) is 2. The maximum absolute atomic E-state index is 12.3. The molecule has 1 aromatic rings. The van der Waals surface area contributed by atoms with Gasteiger partial charge in [-0.1, -0.05) is 31.5 Å². The van der Waals surface area contributed by atoms with E-state index in [0.717, 1.165) is 23.7 Å². The molecule has 3 heteroatoms. The van der Waals surface area contributed by atoms with Gasteiger partial charge in [0.25, 0.3) is 0 Å². The van der Waals surface area contributed by atoms with Crippen LogP contribution >= 0.6 is 0 Å². The predicted molar refractivity (Wildman–Crippen MR) is 72.6 cm³/mol. The molecule has 1 saturated carbocycles. The first-order valence-electron chi connectivity index (χ1n) is 6.92. The zero-order valence-electron chi connectivity index (χ0n) is 10.8. The van der Waals surface area contributed by atoms with Crippen LogP contribution in [0.3, 0.4) is 0 Å². The van der Waals surface area contributed by atoms with Crippen LogP contribution in [-0.4, -0.2) is 18.5 Å². The maximum Gasteiger partial charge on any atom is 0.229 e. The smallest absolute Gasteiger partial charge is 0.229 e. The quantitative estimate of drug-likeness (QED) is 0.854. The summed E-state index contributed by atoms with van der Waals surface area (Å²) < 4.78 is 0. The Bertz CT molecular complexity index is 458. The van der Waals surface area contributed by atoms with Crippen molar-refractivity contribution in [2.45, 2.75) is 38.1 Å². The lowest BCUT2D eigenvalue weighted by atomic mass is 10.0. The molecule has 0 saturated heterocycles. The lowest BCUT2D eigenvalue weighted by Crippen LogP contribution is -2.32. The van der Waals surface area contributed by atoms with Crippen molar-refractivity contribution in [1.29, 1.82) is 0 Å². The van der Waals surface area contributed by atoms with Crippen LogP contribution < -0.4 is 10.6 Å². The number of amides is 1. The van der Waals surface area contributed by atoms with Gasteiger partial charge >= 0.3 is 0 Å². The molecule has 3 unspecified atom stereocenters. The molecule has 1 amide bonds. The highest BCUT2D eigenvalue weighted by molar-refractivity contribution is 5.88. The molecule has 96 valence electrons. The van der Waals surface area contributed by atoms with Gasteiger partial charge in [0.2, 0.25) is 5.91 Å². The van der Waals surface area contributed by atoms with Gasteiger partial charge in [-0.25, -0.2) is 0 Å². The van der Waals surface area contributed by atoms with Crippen molar-refractivity contribution in [3.05, 3.63) is 29.8 Å². The van der Waals surface area contributed by atoms with Gasteiger partial charge in [0.05, 0.1) is 5.92 Å². The fraction of sp³-hybridized carbons (Fsp3) is 0.533. The van der Waals surface area contributed by atoms with Gasteiger partial charge < -0.3 is 10.6 Å². The van der Waals surface area contributed by atoms with Crippen LogP contribution in [0.25, 0.3) is 0 Å². The molecule has 18 heavy (non-hydrogen) atoms. The summed E-state index contributed by atoms with van der Waals surface area (Å²) in [5, 5.41) is 6.49. The highest BCUT2D eigenvalue weighted by atomic mass is 16.2. The second-order valence-corrected chi connectivity index (χ2v) is 5.42. The second-order valence-electron chi connectivity index (χ2n) is 5.42. The summed E-state index contributed by atoms with van der Waals surface area (Å²) in [4.78, 5) is 12.3. The van der Waals surface area contributed by atoms with Crippen LogP contribution in [0.4, 0.5) is 5.69 Å². The highest BCUT2D eigenvalue weighted by Crippen LogP contribution is 2.36. The van der Waals surface area contributed by atoms with Gasteiger partial charge in [0.15, 0.2) is 0 Å². The summed E-state index contributed by atoms with van der Waals surface area (Å²) in [5.74, 6) is 0.906. The van der Waals surface area contributed by atoms with Crippen molar-refractivity contribution < 1.29 is 4.79 Å². The zero-order chi connectivity index (χ0) is 12.5. The third kappa shape index (κ3) is 2.09. The second kappa shape index (κ2) is 4.63. The first-order chi connectivity index (χ1) is 8.79. The van der Waals surface area contributed by atoms with Crippen LogP contribution in [0.15, 0.2) is 24.3 Å². The van der Waals surface area contributed by atoms with E-state index in [0.29, 0.717) is 6.04 Å². The first kappa shape index (κ1) is 11.6. The molecule has 0 radical (unpaired) electrons. The van der Waals surface area contributed by atoms with Gasteiger partial charge in [-0.3, -0.25) is 4.79 Å². The van der Waals surface area contributed by atoms with Crippen molar-refractivity contribution in [2.75, 3.05) is 11.9 Å². The van der Waals surface area contributed by atoms with Crippen molar-refractivity contribution >= 4 is 11.6 Å². The Balaban J connectivity index is 1.62. The Kier molecular flexibility index (Phi) is 2.98. The first-order valence-corrected chi connectivity index (χ1v) is 6.92. The normalized spacial score (nSPS) is 28.4. The Morgan fingerprint density at radius 1 is 1.44 bits per heavy atom. The van der Waals surface area contributed by atoms with Crippen molar-refractivity contribution in [3.63, 3.8) is 0 Å². The zero-order valence-corrected chi connectivity index (χ0v) is 10.8. The minimum absolute atomic E-state index is 0.0101. The van der Waals surface area contributed by atoms with Crippen molar-refractivity contribution in [2.24, 2.45) is 5.92 Å². The SMILES string of the molecule is CCCC1CC1NC(=O)C1CNc2ccccc21. The number of hydrogen-bond donors (Lipinski definition) is 2. The number of carbonyl (C=O) groups excluding carboxylic acids is 1. The number of fused-ring (bicyclic) bond motifs is 1. The van der Waals surface area contributed by atoms with Crippen LogP contribution in [0.2, 0.25) is 0 Å². The molecule has 0 spiro atoms. The lowest BCUT2D eigenvalue weighted by Gasteiger charge is -2.11. The van der Waals surface area contributed by atoms with E-state index in [1.807, 2.05) is 18.2 Å². The minimum atomic E-state index is -0.0101. The summed E-state index contributed by atoms with van der Waals surface area (Å²) in [6.45, 7) is 2.94. The minimum Gasteiger partial charge on any atom is -0.384 e. The number of benzene rings is 1. The van der Waals surface area contributed by atoms with E-state index < -0.39 is 0 Å². The summed E-state index contributed by atoms with van der Waals surface area (Å²) in [5.41, 5.74) is 2.25. The Hall–Kier alpha value is -1.51. The molecule has 2 N–H and O–H groups in total. The Morgan fingerprint density at radius 3 is 3.11 bits per heavy atom. The molecule has 1 aliphatic carbocycles. The molecule has 1 heterocycles. The van der Waals surface area contributed by atoms with E-state index in [-0.39, 0.29) is 11.8 Å². The molecule has 3 rings (SSSR count). The molecular formula is C15H20N2O. The van der Waals surface area contributed by atoms with E-state index in [1.54, 1.807) is 0 Å². The van der Waals surface area contributed by atoms with Gasteiger partial charge in [-0.2, -0.15) is 0 Å². The monoisotopic (exact) mass is 244 g/mol. The Labute approximate surface area is 108 Å². The van der Waals surface area contributed by atoms with Crippen molar-refractivity contribution in [1.82, 2.24) is 5.32 Å². The maximum atomic E-state index is 12.3. The van der Waals surface area contributed by atoms with E-state index in [2.05, 4.69) is 23.6 Å². The number of rotatable bonds is 4. The van der Waals surface area contributed by atoms with Crippen LogP contribution in [-0.2, 0) is 4.79 Å². The van der Waals surface area contributed by atoms with Crippen LogP contribution in [0.1, 0.15) is 37.7 Å². The fourth-order valence-electron chi connectivity index (χ4n) is 2.92. The molecular weight excluding hydrogens is 224 g/mol. The number of anilines is 1. The summed E-state index contributed by atoms with van der Waals surface area (Å²) >= 11 is 0. The van der Waals surface area contributed by atoms with Gasteiger partial charge in [0, 0.05) is 18.3 Å². The summed E-state index contributed by atoms with van der Waals surface area (Å²) in [6.07, 6.45) is 3.62. The van der Waals surface area contributed by atoms with Crippen molar-refractivity contribution in [3.8, 4) is 0 Å². The van der Waals surface area contributed by atoms with Gasteiger partial charge in [-0.05, 0) is 30.4 Å². The highest BCUT2D eigenvalue weighted by Gasteiger charge is 2.39. The topological polar surface area (TPSA) is 41.1 Å². The largest absolute Gasteiger partial charge is 0.384 e. The molecule has 0 bridgehead atoms. The average molecular weight is 244 g/mol. The third-order valence-electron chi connectivity index (χ3n) is 4.06. The van der Waals surface area contributed by atoms with Crippen LogP contribution in [0, 0.1) is 5.92 Å². The number of hydrogen-bond acceptors (Lipinski definition) is 2. The third-order valence-corrected chi connectivity index (χ3v) is 4.06. The van der Waals surface area contributed by atoms with Gasteiger partial charge in [0.1, 0.15) is 0 Å². The standard InChI is InChI=1S/C15H20N2O/c1-2-5-10-8-14(10)17-15(18)12-9-16-13-7-4-3-6-11(12)13/h3-4,6-7,10,12,14,16H,2,5,8-9H2,1H3,(H,17,18). The average Bonchev–Trinajstić information content (AvgIpc) is 2.95. The van der Waals surface area contributed by atoms with Crippen LogP contribution in [0.5, 0.6) is 0 Å². The molecule has 3 atom stereocenters. The summed E-state index contributed by atoms with van der Waals surface area (Å²) in [7, 11) is 0. The number of para-hydroxylation sites is 1. The molecule has 1 fully saturated rings. The predicted octanol–water partition coefficient (Wildman–Crippen LogP) is 2.50. The molecule has 2 aliphatic rings.